The number of nitrogens with zero attached hydrogens (tertiary/aromatic N) is 1. The molecule has 168 valence electrons. The van der Waals surface area contributed by atoms with Crippen LogP contribution in [0.3, 0.4) is 0 Å². The third-order valence-electron chi connectivity index (χ3n) is 6.59. The van der Waals surface area contributed by atoms with E-state index in [0.29, 0.717) is 53.9 Å². The Bertz CT molecular complexity index is 1260. The second-order valence-electron chi connectivity index (χ2n) is 8.84. The Labute approximate surface area is 192 Å². The van der Waals surface area contributed by atoms with Crippen molar-refractivity contribution >= 4 is 29.0 Å². The second kappa shape index (κ2) is 8.35. The fraction of sp³-hybridized carbons (Fsp3) is 0.296. The highest BCUT2D eigenvalue weighted by Gasteiger charge is 2.39. The zero-order valence-corrected chi connectivity index (χ0v) is 18.8. The number of carbonyl (C=O) groups excluding carboxylic acids is 3. The topological polar surface area (TPSA) is 79.6 Å². The minimum atomic E-state index is -0.689. The molecule has 1 N–H and O–H groups in total. The Morgan fingerprint density at radius 2 is 1.76 bits per heavy atom. The summed E-state index contributed by atoms with van der Waals surface area (Å²) in [6, 6.07) is 14.5. The number of nitrogens with one attached hydrogen (secondary N) is 1. The van der Waals surface area contributed by atoms with E-state index in [1.165, 1.54) is 0 Å². The predicted molar refractivity (Wildman–Crippen MR) is 126 cm³/mol. The molecule has 0 spiro atoms. The minimum Gasteiger partial charge on any atom is -0.455 e. The fourth-order valence-electron chi connectivity index (χ4n) is 4.87. The molecule has 0 bridgehead atoms. The van der Waals surface area contributed by atoms with E-state index >= 15 is 0 Å². The Balaban J connectivity index is 1.53. The van der Waals surface area contributed by atoms with Gasteiger partial charge in [-0.1, -0.05) is 35.9 Å². The Morgan fingerprint density at radius 1 is 1.00 bits per heavy atom. The first kappa shape index (κ1) is 21.2. The van der Waals surface area contributed by atoms with E-state index < -0.39 is 6.04 Å². The molecule has 33 heavy (non-hydrogen) atoms. The molecule has 3 aromatic rings. The Hall–Kier alpha value is -3.67. The number of anilines is 2. The molecule has 2 heterocycles. The largest absolute Gasteiger partial charge is 0.455 e. The average molecular weight is 443 g/mol. The van der Waals surface area contributed by atoms with E-state index in [4.69, 9.17) is 4.42 Å². The van der Waals surface area contributed by atoms with Crippen molar-refractivity contribution in [1.82, 2.24) is 0 Å². The van der Waals surface area contributed by atoms with E-state index in [1.54, 1.807) is 11.8 Å². The molecule has 6 nitrogen and oxygen atoms in total. The van der Waals surface area contributed by atoms with Crippen LogP contribution in [-0.4, -0.2) is 23.6 Å². The number of ketones is 1. The molecule has 0 fully saturated rings. The van der Waals surface area contributed by atoms with Crippen LogP contribution in [0.15, 0.2) is 52.9 Å². The van der Waals surface area contributed by atoms with Gasteiger partial charge in [-0.15, -0.1) is 0 Å². The van der Waals surface area contributed by atoms with Crippen molar-refractivity contribution in [3.05, 3.63) is 82.3 Å². The summed E-state index contributed by atoms with van der Waals surface area (Å²) in [4.78, 5) is 41.2. The zero-order chi connectivity index (χ0) is 23.1. The van der Waals surface area contributed by atoms with Crippen molar-refractivity contribution in [2.24, 2.45) is 0 Å². The molecule has 2 aliphatic rings. The number of hydrogen-bond donors (Lipinski definition) is 1. The van der Waals surface area contributed by atoms with Crippen LogP contribution < -0.4 is 10.2 Å². The molecule has 5 rings (SSSR count). The third-order valence-corrected chi connectivity index (χ3v) is 6.59. The van der Waals surface area contributed by atoms with E-state index in [2.05, 4.69) is 5.32 Å². The van der Waals surface area contributed by atoms with Gasteiger partial charge in [-0.3, -0.25) is 19.3 Å². The molecule has 6 heteroatoms. The van der Waals surface area contributed by atoms with Crippen molar-refractivity contribution in [3.63, 3.8) is 0 Å². The highest BCUT2D eigenvalue weighted by atomic mass is 16.4. The smallest absolute Gasteiger partial charge is 0.295 e. The number of para-hydroxylation sites is 1. The molecule has 1 atom stereocenters. The summed E-state index contributed by atoms with van der Waals surface area (Å²) < 4.78 is 5.95. The third kappa shape index (κ3) is 3.75. The van der Waals surface area contributed by atoms with Gasteiger partial charge in [0, 0.05) is 29.8 Å². The predicted octanol–water partition coefficient (Wildman–Crippen LogP) is 5.02. The van der Waals surface area contributed by atoms with E-state index in [9.17, 15) is 14.4 Å². The van der Waals surface area contributed by atoms with Crippen LogP contribution in [0.5, 0.6) is 0 Å². The second-order valence-corrected chi connectivity index (χ2v) is 8.84. The maximum atomic E-state index is 13.9. The highest BCUT2D eigenvalue weighted by molar-refractivity contribution is 6.13. The number of Topliss-reactive ketones (excluding diaryl/α,β-unsaturated/α-hetero) is 1. The molecule has 2 amide bonds. The Kier molecular flexibility index (Phi) is 5.36. The maximum Gasteiger partial charge on any atom is 0.295 e. The van der Waals surface area contributed by atoms with Gasteiger partial charge >= 0.3 is 0 Å². The normalized spacial score (nSPS) is 17.3. The van der Waals surface area contributed by atoms with Crippen molar-refractivity contribution in [1.29, 1.82) is 0 Å². The first-order valence-corrected chi connectivity index (χ1v) is 11.4. The molecule has 1 unspecified atom stereocenters. The lowest BCUT2D eigenvalue weighted by Gasteiger charge is -2.36. The van der Waals surface area contributed by atoms with Crippen LogP contribution >= 0.6 is 0 Å². The molecule has 0 radical (unpaired) electrons. The van der Waals surface area contributed by atoms with Gasteiger partial charge in [0.15, 0.2) is 11.5 Å². The number of fused-ring (bicyclic) bond motifs is 2. The van der Waals surface area contributed by atoms with Crippen LogP contribution in [0.4, 0.5) is 11.4 Å². The van der Waals surface area contributed by atoms with Crippen LogP contribution in [-0.2, 0) is 17.6 Å². The molecule has 1 aliphatic heterocycles. The van der Waals surface area contributed by atoms with Crippen LogP contribution in [0.25, 0.3) is 0 Å². The highest BCUT2D eigenvalue weighted by Crippen LogP contribution is 2.36. The van der Waals surface area contributed by atoms with Crippen molar-refractivity contribution < 1.29 is 18.8 Å². The quantitative estimate of drug-likeness (QED) is 0.618. The van der Waals surface area contributed by atoms with Gasteiger partial charge in [-0.2, -0.15) is 0 Å². The number of rotatable bonds is 3. The van der Waals surface area contributed by atoms with Gasteiger partial charge in [-0.05, 0) is 56.9 Å². The zero-order valence-electron chi connectivity index (χ0n) is 18.8. The minimum absolute atomic E-state index is 0.0178. The first-order valence-electron chi connectivity index (χ1n) is 11.4. The van der Waals surface area contributed by atoms with Crippen LogP contribution in [0.2, 0.25) is 0 Å². The molecule has 1 aromatic heterocycles. The van der Waals surface area contributed by atoms with Crippen molar-refractivity contribution in [3.8, 4) is 0 Å². The molecule has 1 aliphatic carbocycles. The van der Waals surface area contributed by atoms with E-state index in [0.717, 1.165) is 17.5 Å². The summed E-state index contributed by atoms with van der Waals surface area (Å²) in [6.45, 7) is 3.75. The number of hydrogen-bond acceptors (Lipinski definition) is 4. The van der Waals surface area contributed by atoms with Gasteiger partial charge in [0.05, 0.1) is 5.56 Å². The Morgan fingerprint density at radius 3 is 2.52 bits per heavy atom. The van der Waals surface area contributed by atoms with Gasteiger partial charge in [0.1, 0.15) is 11.8 Å². The fourth-order valence-corrected chi connectivity index (χ4v) is 4.87. The molecule has 0 saturated carbocycles. The van der Waals surface area contributed by atoms with E-state index in [-0.39, 0.29) is 23.4 Å². The number of amides is 2. The summed E-state index contributed by atoms with van der Waals surface area (Å²) in [6.07, 6.45) is 3.02. The summed E-state index contributed by atoms with van der Waals surface area (Å²) in [5.74, 6) is 0.125. The summed E-state index contributed by atoms with van der Waals surface area (Å²) in [5.41, 5.74) is 4.61. The summed E-state index contributed by atoms with van der Waals surface area (Å²) in [5, 5.41) is 2.96. The SMILES string of the molecule is Cc1ccc(NC(=O)C2CCc3ccccc3N2C(=O)c2oc3c(c2C)C(=O)CCC3)cc1. The molecular weight excluding hydrogens is 416 g/mol. The summed E-state index contributed by atoms with van der Waals surface area (Å²) >= 11 is 0. The maximum absolute atomic E-state index is 13.9. The number of aryl methyl sites for hydroxylation is 3. The molecule has 2 aromatic carbocycles. The summed E-state index contributed by atoms with van der Waals surface area (Å²) in [7, 11) is 0. The number of furan rings is 1. The van der Waals surface area contributed by atoms with Gasteiger partial charge in [0.25, 0.3) is 5.91 Å². The standard InChI is InChI=1S/C27H26N2O4/c1-16-10-13-19(14-11-16)28-26(31)21-15-12-18-6-3-4-7-20(18)29(21)27(32)25-17(2)24-22(30)8-5-9-23(24)33-25/h3-4,6-7,10-11,13-14,21H,5,8-9,12,15H2,1-2H3,(H,28,31). The lowest BCUT2D eigenvalue weighted by atomic mass is 9.92. The van der Waals surface area contributed by atoms with E-state index in [1.807, 2.05) is 55.5 Å². The van der Waals surface area contributed by atoms with Crippen LogP contribution in [0, 0.1) is 13.8 Å². The van der Waals surface area contributed by atoms with Gasteiger partial charge in [-0.25, -0.2) is 0 Å². The van der Waals surface area contributed by atoms with Gasteiger partial charge in [0.2, 0.25) is 5.91 Å². The molecule has 0 saturated heterocycles. The van der Waals surface area contributed by atoms with Crippen molar-refractivity contribution in [2.75, 3.05) is 10.2 Å². The lowest BCUT2D eigenvalue weighted by Crippen LogP contribution is -2.50. The molecular formula is C27H26N2O4. The first-order chi connectivity index (χ1) is 15.9. The van der Waals surface area contributed by atoms with Gasteiger partial charge < -0.3 is 9.73 Å². The van der Waals surface area contributed by atoms with Crippen LogP contribution in [0.1, 0.15) is 62.6 Å². The lowest BCUT2D eigenvalue weighted by molar-refractivity contribution is -0.117. The van der Waals surface area contributed by atoms with Crippen molar-refractivity contribution in [2.45, 2.75) is 52.0 Å². The number of benzene rings is 2. The monoisotopic (exact) mass is 442 g/mol. The average Bonchev–Trinajstić information content (AvgIpc) is 3.17. The number of carbonyl (C=O) groups is 3.